The van der Waals surface area contributed by atoms with Crippen molar-refractivity contribution in [1.82, 2.24) is 5.32 Å². The quantitative estimate of drug-likeness (QED) is 0.679. The van der Waals surface area contributed by atoms with Crippen molar-refractivity contribution in [2.75, 3.05) is 13.7 Å². The van der Waals surface area contributed by atoms with E-state index in [4.69, 9.17) is 13.6 Å². The van der Waals surface area contributed by atoms with E-state index in [0.29, 0.717) is 19.4 Å². The monoisotopic (exact) mass is 339 g/mol. The van der Waals surface area contributed by atoms with Gasteiger partial charge in [-0.1, -0.05) is 12.1 Å². The first kappa shape index (κ1) is 16.9. The van der Waals surface area contributed by atoms with Crippen molar-refractivity contribution in [3.63, 3.8) is 0 Å². The minimum Gasteiger partial charge on any atom is -0.497 e. The summed E-state index contributed by atoms with van der Waals surface area (Å²) < 4.78 is 16.1. The molecular formula is C20H21NO4. The van der Waals surface area contributed by atoms with E-state index >= 15 is 0 Å². The number of carbonyl (C=O) groups is 1. The molecule has 3 rings (SSSR count). The van der Waals surface area contributed by atoms with Crippen molar-refractivity contribution >= 4 is 5.91 Å². The molecule has 25 heavy (non-hydrogen) atoms. The molecule has 0 bridgehead atoms. The minimum absolute atomic E-state index is 0.000990. The molecule has 5 nitrogen and oxygen atoms in total. The largest absolute Gasteiger partial charge is 0.497 e. The van der Waals surface area contributed by atoms with Gasteiger partial charge < -0.3 is 18.9 Å². The molecule has 1 amide bonds. The van der Waals surface area contributed by atoms with Crippen LogP contribution in [0.2, 0.25) is 0 Å². The number of hydrogen-bond acceptors (Lipinski definition) is 4. The predicted octanol–water partition coefficient (Wildman–Crippen LogP) is 3.76. The van der Waals surface area contributed by atoms with Gasteiger partial charge in [-0.2, -0.15) is 0 Å². The highest BCUT2D eigenvalue weighted by atomic mass is 16.5. The first-order chi connectivity index (χ1) is 12.3. The first-order valence-corrected chi connectivity index (χ1v) is 8.22. The number of benzene rings is 1. The Morgan fingerprint density at radius 3 is 2.20 bits per heavy atom. The summed E-state index contributed by atoms with van der Waals surface area (Å²) in [6, 6.07) is 15.2. The number of methoxy groups -OCH3 is 1. The SMILES string of the molecule is COc1ccc(CCC(=O)NCC(c2ccco2)c2ccco2)cc1. The van der Waals surface area contributed by atoms with Crippen molar-refractivity contribution in [3.8, 4) is 5.75 Å². The van der Waals surface area contributed by atoms with E-state index < -0.39 is 0 Å². The van der Waals surface area contributed by atoms with Crippen LogP contribution in [0.5, 0.6) is 5.75 Å². The molecule has 0 saturated heterocycles. The third-order valence-corrected chi connectivity index (χ3v) is 4.08. The van der Waals surface area contributed by atoms with E-state index in [2.05, 4.69) is 5.32 Å². The van der Waals surface area contributed by atoms with Crippen molar-refractivity contribution < 1.29 is 18.4 Å². The molecule has 0 fully saturated rings. The number of hydrogen-bond donors (Lipinski definition) is 1. The third kappa shape index (κ3) is 4.53. The lowest BCUT2D eigenvalue weighted by molar-refractivity contribution is -0.121. The van der Waals surface area contributed by atoms with E-state index in [1.165, 1.54) is 0 Å². The highest BCUT2D eigenvalue weighted by Gasteiger charge is 2.20. The fraction of sp³-hybridized carbons (Fsp3) is 0.250. The van der Waals surface area contributed by atoms with Gasteiger partial charge in [-0.05, 0) is 48.4 Å². The van der Waals surface area contributed by atoms with Gasteiger partial charge in [-0.3, -0.25) is 4.79 Å². The molecule has 1 aromatic carbocycles. The number of amides is 1. The highest BCUT2D eigenvalue weighted by Crippen LogP contribution is 2.24. The second-order valence-electron chi connectivity index (χ2n) is 5.74. The molecule has 2 aromatic heterocycles. The van der Waals surface area contributed by atoms with Crippen LogP contribution in [0.1, 0.15) is 29.4 Å². The molecule has 3 aromatic rings. The highest BCUT2D eigenvalue weighted by molar-refractivity contribution is 5.76. The van der Waals surface area contributed by atoms with E-state index in [1.807, 2.05) is 48.5 Å². The van der Waals surface area contributed by atoms with Crippen molar-refractivity contribution in [2.24, 2.45) is 0 Å². The summed E-state index contributed by atoms with van der Waals surface area (Å²) in [4.78, 5) is 12.2. The molecule has 0 saturated carbocycles. The maximum Gasteiger partial charge on any atom is 0.220 e. The molecule has 0 aliphatic carbocycles. The summed E-state index contributed by atoms with van der Waals surface area (Å²) in [7, 11) is 1.64. The molecule has 2 heterocycles. The summed E-state index contributed by atoms with van der Waals surface area (Å²) >= 11 is 0. The van der Waals surface area contributed by atoms with Crippen LogP contribution in [-0.2, 0) is 11.2 Å². The lowest BCUT2D eigenvalue weighted by atomic mass is 10.0. The van der Waals surface area contributed by atoms with Crippen LogP contribution >= 0.6 is 0 Å². The van der Waals surface area contributed by atoms with Gasteiger partial charge in [0, 0.05) is 13.0 Å². The normalized spacial score (nSPS) is 10.8. The van der Waals surface area contributed by atoms with Gasteiger partial charge in [0.05, 0.1) is 25.6 Å². The van der Waals surface area contributed by atoms with Crippen molar-refractivity contribution in [3.05, 3.63) is 78.1 Å². The van der Waals surface area contributed by atoms with Gasteiger partial charge >= 0.3 is 0 Å². The van der Waals surface area contributed by atoms with Crippen LogP contribution in [0, 0.1) is 0 Å². The van der Waals surface area contributed by atoms with Gasteiger partial charge in [0.1, 0.15) is 17.3 Å². The first-order valence-electron chi connectivity index (χ1n) is 8.22. The second-order valence-corrected chi connectivity index (χ2v) is 5.74. The maximum atomic E-state index is 12.2. The average Bonchev–Trinajstić information content (AvgIpc) is 3.35. The van der Waals surface area contributed by atoms with E-state index in [9.17, 15) is 4.79 Å². The molecule has 5 heteroatoms. The van der Waals surface area contributed by atoms with Crippen LogP contribution in [0.25, 0.3) is 0 Å². The second kappa shape index (κ2) is 8.24. The Balaban J connectivity index is 1.53. The summed E-state index contributed by atoms with van der Waals surface area (Å²) in [6.07, 6.45) is 4.35. The van der Waals surface area contributed by atoms with Crippen molar-refractivity contribution in [2.45, 2.75) is 18.8 Å². The molecule has 0 spiro atoms. The van der Waals surface area contributed by atoms with Crippen LogP contribution in [-0.4, -0.2) is 19.6 Å². The zero-order valence-electron chi connectivity index (χ0n) is 14.1. The fourth-order valence-electron chi connectivity index (χ4n) is 2.67. The lowest BCUT2D eigenvalue weighted by Crippen LogP contribution is -2.28. The maximum absolute atomic E-state index is 12.2. The molecular weight excluding hydrogens is 318 g/mol. The van der Waals surface area contributed by atoms with Crippen LogP contribution in [0.15, 0.2) is 69.9 Å². The molecule has 0 unspecified atom stereocenters. The fourth-order valence-corrected chi connectivity index (χ4v) is 2.67. The number of rotatable bonds is 8. The predicted molar refractivity (Wildman–Crippen MR) is 93.6 cm³/mol. The van der Waals surface area contributed by atoms with Gasteiger partial charge in [0.2, 0.25) is 5.91 Å². The third-order valence-electron chi connectivity index (χ3n) is 4.08. The Labute approximate surface area is 146 Å². The van der Waals surface area contributed by atoms with E-state index in [1.54, 1.807) is 19.6 Å². The summed E-state index contributed by atoms with van der Waals surface area (Å²) in [5.74, 6) is 2.22. The van der Waals surface area contributed by atoms with Gasteiger partial charge in [0.15, 0.2) is 0 Å². The zero-order chi connectivity index (χ0) is 17.5. The minimum atomic E-state index is -0.130. The topological polar surface area (TPSA) is 64.6 Å². The molecule has 0 aliphatic heterocycles. The number of aryl methyl sites for hydroxylation is 1. The van der Waals surface area contributed by atoms with Crippen molar-refractivity contribution in [1.29, 1.82) is 0 Å². The molecule has 1 N–H and O–H groups in total. The zero-order valence-corrected chi connectivity index (χ0v) is 14.1. The van der Waals surface area contributed by atoms with E-state index in [-0.39, 0.29) is 11.8 Å². The molecule has 130 valence electrons. The Bertz CT molecular complexity index is 726. The smallest absolute Gasteiger partial charge is 0.220 e. The van der Waals surface area contributed by atoms with Crippen LogP contribution in [0.4, 0.5) is 0 Å². The van der Waals surface area contributed by atoms with Gasteiger partial charge in [-0.15, -0.1) is 0 Å². The summed E-state index contributed by atoms with van der Waals surface area (Å²) in [5, 5.41) is 2.97. The number of furan rings is 2. The van der Waals surface area contributed by atoms with E-state index in [0.717, 1.165) is 22.8 Å². The summed E-state index contributed by atoms with van der Waals surface area (Å²) in [5.41, 5.74) is 1.10. The Morgan fingerprint density at radius 1 is 1.04 bits per heavy atom. The lowest BCUT2D eigenvalue weighted by Gasteiger charge is -2.13. The standard InChI is InChI=1S/C20H21NO4/c1-23-16-9-6-15(7-10-16)8-11-20(22)21-14-17(18-4-2-12-24-18)19-5-3-13-25-19/h2-7,9-10,12-13,17H,8,11,14H2,1H3,(H,21,22). The molecule has 0 radical (unpaired) electrons. The summed E-state index contributed by atoms with van der Waals surface area (Å²) in [6.45, 7) is 0.433. The number of ether oxygens (including phenoxy) is 1. The Hall–Kier alpha value is -2.95. The van der Waals surface area contributed by atoms with Crippen LogP contribution in [0.3, 0.4) is 0 Å². The molecule has 0 atom stereocenters. The van der Waals surface area contributed by atoms with Gasteiger partial charge in [0.25, 0.3) is 0 Å². The Morgan fingerprint density at radius 2 is 1.68 bits per heavy atom. The number of nitrogens with one attached hydrogen (secondary N) is 1. The average molecular weight is 339 g/mol. The van der Waals surface area contributed by atoms with Gasteiger partial charge in [-0.25, -0.2) is 0 Å². The Kier molecular flexibility index (Phi) is 5.57. The molecule has 0 aliphatic rings. The number of carbonyl (C=O) groups excluding carboxylic acids is 1. The van der Waals surface area contributed by atoms with Crippen LogP contribution < -0.4 is 10.1 Å².